The smallest absolute Gasteiger partial charge is 0.238 e. The van der Waals surface area contributed by atoms with E-state index >= 15 is 0 Å². The maximum atomic E-state index is 13.5. The molecule has 2 aromatic carbocycles. The van der Waals surface area contributed by atoms with Gasteiger partial charge in [-0.25, -0.2) is 13.2 Å². The molecule has 122 valence electrons. The molecule has 0 aliphatic rings. The Kier molecular flexibility index (Phi) is 5.39. The fourth-order valence-electron chi connectivity index (χ4n) is 2.16. The molecule has 0 aliphatic carbocycles. The summed E-state index contributed by atoms with van der Waals surface area (Å²) < 4.78 is 39.5. The monoisotopic (exact) mass is 322 g/mol. The number of nitrogens with zero attached hydrogens (tertiary/aromatic N) is 1. The Bertz CT molecular complexity index is 692. The first-order valence-corrected chi connectivity index (χ1v) is 7.08. The van der Waals surface area contributed by atoms with Gasteiger partial charge in [0.25, 0.3) is 0 Å². The molecule has 0 aliphatic heterocycles. The summed E-state index contributed by atoms with van der Waals surface area (Å²) in [5.74, 6) is -4.82. The molecule has 23 heavy (non-hydrogen) atoms. The fraction of sp³-hybridized carbons (Fsp3) is 0.235. The minimum atomic E-state index is -1.60. The van der Waals surface area contributed by atoms with Crippen molar-refractivity contribution in [3.63, 3.8) is 0 Å². The molecule has 0 heterocycles. The molecular weight excluding hydrogens is 305 g/mol. The Balaban J connectivity index is 2.01. The third-order valence-electron chi connectivity index (χ3n) is 3.65. The Morgan fingerprint density at radius 2 is 1.74 bits per heavy atom. The van der Waals surface area contributed by atoms with E-state index in [1.165, 1.54) is 0 Å². The molecule has 0 bridgehead atoms. The molecule has 2 rings (SSSR count). The van der Waals surface area contributed by atoms with Gasteiger partial charge in [0.15, 0.2) is 17.5 Å². The summed E-state index contributed by atoms with van der Waals surface area (Å²) >= 11 is 0. The van der Waals surface area contributed by atoms with E-state index in [4.69, 9.17) is 0 Å². The number of anilines is 1. The highest BCUT2D eigenvalue weighted by atomic mass is 19.2. The van der Waals surface area contributed by atoms with Crippen LogP contribution in [-0.4, -0.2) is 24.4 Å². The first kappa shape index (κ1) is 17.0. The summed E-state index contributed by atoms with van der Waals surface area (Å²) in [5, 5.41) is 2.25. The number of halogens is 3. The number of likely N-dealkylation sites (N-methyl/N-ethyl adjacent to an activating group) is 1. The summed E-state index contributed by atoms with van der Waals surface area (Å²) in [7, 11) is 1.75. The number of amides is 1. The number of carbonyl (C=O) groups excluding carboxylic acids is 1. The van der Waals surface area contributed by atoms with Gasteiger partial charge in [-0.1, -0.05) is 30.3 Å². The average molecular weight is 322 g/mol. The maximum Gasteiger partial charge on any atom is 0.238 e. The second-order valence-corrected chi connectivity index (χ2v) is 5.27. The Morgan fingerprint density at radius 1 is 1.09 bits per heavy atom. The van der Waals surface area contributed by atoms with Crippen LogP contribution in [-0.2, 0) is 4.79 Å². The van der Waals surface area contributed by atoms with Gasteiger partial charge < -0.3 is 5.32 Å². The summed E-state index contributed by atoms with van der Waals surface area (Å²) in [6, 6.07) is 11.3. The van der Waals surface area contributed by atoms with Gasteiger partial charge in [-0.05, 0) is 31.7 Å². The normalized spacial score (nSPS) is 12.3. The quantitative estimate of drug-likeness (QED) is 0.851. The second-order valence-electron chi connectivity index (χ2n) is 5.27. The molecule has 6 heteroatoms. The molecule has 1 atom stereocenters. The zero-order valence-corrected chi connectivity index (χ0v) is 12.8. The topological polar surface area (TPSA) is 32.3 Å². The molecule has 1 amide bonds. The van der Waals surface area contributed by atoms with E-state index in [1.54, 1.807) is 11.9 Å². The van der Waals surface area contributed by atoms with E-state index in [0.29, 0.717) is 0 Å². The molecular formula is C17H17F3N2O. The number of rotatable bonds is 5. The van der Waals surface area contributed by atoms with Crippen LogP contribution in [0.15, 0.2) is 42.5 Å². The fourth-order valence-corrected chi connectivity index (χ4v) is 2.16. The van der Waals surface area contributed by atoms with Gasteiger partial charge >= 0.3 is 0 Å². The molecule has 0 aromatic heterocycles. The molecule has 0 fully saturated rings. The van der Waals surface area contributed by atoms with Crippen molar-refractivity contribution in [2.75, 3.05) is 18.9 Å². The molecule has 0 saturated heterocycles. The SMILES string of the molecule is C[C@H](c1ccccc1)N(C)CC(=O)Nc1ccc(F)c(F)c1F. The van der Waals surface area contributed by atoms with Gasteiger partial charge in [-0.2, -0.15) is 0 Å². The van der Waals surface area contributed by atoms with Crippen LogP contribution in [0.5, 0.6) is 0 Å². The van der Waals surface area contributed by atoms with Crippen molar-refractivity contribution < 1.29 is 18.0 Å². The number of nitrogens with one attached hydrogen (secondary N) is 1. The lowest BCUT2D eigenvalue weighted by Gasteiger charge is -2.24. The number of hydrogen-bond donors (Lipinski definition) is 1. The van der Waals surface area contributed by atoms with Gasteiger partial charge in [-0.15, -0.1) is 0 Å². The van der Waals surface area contributed by atoms with E-state index in [0.717, 1.165) is 17.7 Å². The lowest BCUT2D eigenvalue weighted by atomic mass is 10.1. The maximum absolute atomic E-state index is 13.5. The zero-order chi connectivity index (χ0) is 17.0. The van der Waals surface area contributed by atoms with Crippen molar-refractivity contribution in [2.24, 2.45) is 0 Å². The first-order chi connectivity index (χ1) is 10.9. The average Bonchev–Trinajstić information content (AvgIpc) is 2.55. The van der Waals surface area contributed by atoms with E-state index in [1.807, 2.05) is 37.3 Å². The molecule has 2 aromatic rings. The third-order valence-corrected chi connectivity index (χ3v) is 3.65. The van der Waals surface area contributed by atoms with E-state index in [9.17, 15) is 18.0 Å². The van der Waals surface area contributed by atoms with Crippen LogP contribution in [0.25, 0.3) is 0 Å². The predicted octanol–water partition coefficient (Wildman–Crippen LogP) is 3.74. The summed E-state index contributed by atoms with van der Waals surface area (Å²) in [4.78, 5) is 13.7. The lowest BCUT2D eigenvalue weighted by molar-refractivity contribution is -0.117. The van der Waals surface area contributed by atoms with Crippen molar-refractivity contribution in [3.8, 4) is 0 Å². The summed E-state index contributed by atoms with van der Waals surface area (Å²) in [6.45, 7) is 1.91. The molecule has 1 N–H and O–H groups in total. The van der Waals surface area contributed by atoms with Crippen LogP contribution in [0.2, 0.25) is 0 Å². The Labute approximate surface area is 132 Å². The van der Waals surface area contributed by atoms with E-state index < -0.39 is 23.4 Å². The first-order valence-electron chi connectivity index (χ1n) is 7.08. The highest BCUT2D eigenvalue weighted by Crippen LogP contribution is 2.21. The largest absolute Gasteiger partial charge is 0.322 e. The van der Waals surface area contributed by atoms with Gasteiger partial charge in [0.1, 0.15) is 0 Å². The number of benzene rings is 2. The van der Waals surface area contributed by atoms with Crippen molar-refractivity contribution >= 4 is 11.6 Å². The lowest BCUT2D eigenvalue weighted by Crippen LogP contribution is -2.32. The van der Waals surface area contributed by atoms with Crippen molar-refractivity contribution in [1.82, 2.24) is 4.90 Å². The highest BCUT2D eigenvalue weighted by molar-refractivity contribution is 5.92. The van der Waals surface area contributed by atoms with Crippen LogP contribution in [0.3, 0.4) is 0 Å². The molecule has 3 nitrogen and oxygen atoms in total. The second kappa shape index (κ2) is 7.28. The van der Waals surface area contributed by atoms with Gasteiger partial charge in [0, 0.05) is 6.04 Å². The van der Waals surface area contributed by atoms with Crippen LogP contribution < -0.4 is 5.32 Å². The van der Waals surface area contributed by atoms with Crippen LogP contribution in [0, 0.1) is 17.5 Å². The minimum absolute atomic E-state index is 0.0193. The predicted molar refractivity (Wildman–Crippen MR) is 82.4 cm³/mol. The third kappa shape index (κ3) is 4.10. The van der Waals surface area contributed by atoms with Crippen molar-refractivity contribution in [2.45, 2.75) is 13.0 Å². The standard InChI is InChI=1S/C17H17F3N2O/c1-11(12-6-4-3-5-7-12)22(2)10-15(23)21-14-9-8-13(18)16(19)17(14)20/h3-9,11H,10H2,1-2H3,(H,21,23)/t11-/m1/s1. The number of carbonyl (C=O) groups is 1. The van der Waals surface area contributed by atoms with Gasteiger partial charge in [-0.3, -0.25) is 9.69 Å². The molecule has 0 spiro atoms. The minimum Gasteiger partial charge on any atom is -0.322 e. The zero-order valence-electron chi connectivity index (χ0n) is 12.8. The highest BCUT2D eigenvalue weighted by Gasteiger charge is 2.18. The van der Waals surface area contributed by atoms with E-state index in [2.05, 4.69) is 5.32 Å². The Morgan fingerprint density at radius 3 is 2.39 bits per heavy atom. The molecule has 0 radical (unpaired) electrons. The summed E-state index contributed by atoms with van der Waals surface area (Å²) in [5.41, 5.74) is 0.650. The van der Waals surface area contributed by atoms with Gasteiger partial charge in [0.05, 0.1) is 12.2 Å². The Hall–Kier alpha value is -2.34. The summed E-state index contributed by atoms with van der Waals surface area (Å²) in [6.07, 6.45) is 0. The van der Waals surface area contributed by atoms with Crippen LogP contribution >= 0.6 is 0 Å². The van der Waals surface area contributed by atoms with Crippen LogP contribution in [0.1, 0.15) is 18.5 Å². The molecule has 0 saturated carbocycles. The van der Waals surface area contributed by atoms with Crippen molar-refractivity contribution in [3.05, 3.63) is 65.5 Å². The van der Waals surface area contributed by atoms with Crippen LogP contribution in [0.4, 0.5) is 18.9 Å². The van der Waals surface area contributed by atoms with E-state index in [-0.39, 0.29) is 18.3 Å². The molecule has 0 unspecified atom stereocenters. The number of hydrogen-bond acceptors (Lipinski definition) is 2. The van der Waals surface area contributed by atoms with Crippen molar-refractivity contribution in [1.29, 1.82) is 0 Å². The van der Waals surface area contributed by atoms with Gasteiger partial charge in [0.2, 0.25) is 5.91 Å².